The molecule has 0 amide bonds. The molecule has 0 unspecified atom stereocenters. The molecular weight excluding hydrogens is 399 g/mol. The van der Waals surface area contributed by atoms with Gasteiger partial charge in [0.05, 0.1) is 11.9 Å². The summed E-state index contributed by atoms with van der Waals surface area (Å²) in [5.74, 6) is -0.230. The zero-order valence-corrected chi connectivity index (χ0v) is 16.9. The van der Waals surface area contributed by atoms with E-state index in [-0.39, 0.29) is 11.9 Å². The zero-order valence-electron chi connectivity index (χ0n) is 16.9. The third-order valence-electron chi connectivity index (χ3n) is 5.86. The average molecular weight is 422 g/mol. The highest BCUT2D eigenvalue weighted by Crippen LogP contribution is 2.30. The second-order valence-corrected chi connectivity index (χ2v) is 7.91. The van der Waals surface area contributed by atoms with E-state index in [2.05, 4.69) is 17.2 Å². The number of halogens is 1. The molecule has 2 aliphatic rings. The highest BCUT2D eigenvalue weighted by molar-refractivity contribution is 5.57. The Morgan fingerprint density at radius 1 is 1.00 bits per heavy atom. The van der Waals surface area contributed by atoms with Gasteiger partial charge in [-0.05, 0) is 29.3 Å². The molecule has 2 heterocycles. The first-order valence-corrected chi connectivity index (χ1v) is 10.4. The summed E-state index contributed by atoms with van der Waals surface area (Å²) < 4.78 is 21.2. The molecule has 1 aromatic heterocycles. The number of anilines is 1. The second-order valence-electron chi connectivity index (χ2n) is 7.91. The third kappa shape index (κ3) is 3.92. The fraction of sp³-hybridized carbons (Fsp3) is 0.304. The third-order valence-corrected chi connectivity index (χ3v) is 5.86. The fourth-order valence-electron chi connectivity index (χ4n) is 4.26. The van der Waals surface area contributed by atoms with Crippen LogP contribution in [0.15, 0.2) is 59.5 Å². The van der Waals surface area contributed by atoms with E-state index in [1.807, 2.05) is 17.0 Å². The van der Waals surface area contributed by atoms with Gasteiger partial charge in [0.25, 0.3) is 0 Å². The van der Waals surface area contributed by atoms with Crippen LogP contribution in [0.3, 0.4) is 0 Å². The van der Waals surface area contributed by atoms with Crippen LogP contribution in [0.4, 0.5) is 10.1 Å². The molecule has 1 aliphatic heterocycles. The van der Waals surface area contributed by atoms with Crippen molar-refractivity contribution in [1.29, 1.82) is 0 Å². The summed E-state index contributed by atoms with van der Waals surface area (Å²) in [6, 6.07) is 13.9. The summed E-state index contributed by atoms with van der Waals surface area (Å²) >= 11 is 0. The summed E-state index contributed by atoms with van der Waals surface area (Å²) in [4.78, 5) is 15.4. The highest BCUT2D eigenvalue weighted by Gasteiger charge is 2.28. The number of piperazine rings is 1. The molecule has 0 spiro atoms. The number of hydrogen-bond acceptors (Lipinski definition) is 6. The molecule has 31 heavy (non-hydrogen) atoms. The standard InChI is InChI=1S/C23H23FN4O3/c24-18-6-3-7-19(14-18)28-23(29)22(21(15-25-28)26-8-10-27(30)11-9-26)31-20-12-16-4-1-2-5-17(16)13-20/h1-7,14-15,20,30H,8-13H2. The SMILES string of the molecule is O=c1c(OC2Cc3ccccc3C2)c(N2CCN(O)CC2)cnn1-c1cccc(F)c1. The molecule has 1 saturated heterocycles. The molecule has 0 atom stereocenters. The van der Waals surface area contributed by atoms with Crippen molar-refractivity contribution in [2.24, 2.45) is 0 Å². The summed E-state index contributed by atoms with van der Waals surface area (Å²) in [7, 11) is 0. The number of benzene rings is 2. The maximum Gasteiger partial charge on any atom is 0.316 e. The molecule has 160 valence electrons. The lowest BCUT2D eigenvalue weighted by Crippen LogP contribution is -2.45. The van der Waals surface area contributed by atoms with Crippen LogP contribution in [0.5, 0.6) is 5.75 Å². The highest BCUT2D eigenvalue weighted by atomic mass is 19.1. The van der Waals surface area contributed by atoms with Gasteiger partial charge in [0.1, 0.15) is 17.6 Å². The molecule has 3 aromatic rings. The monoisotopic (exact) mass is 422 g/mol. The fourth-order valence-corrected chi connectivity index (χ4v) is 4.26. The van der Waals surface area contributed by atoms with Crippen LogP contribution in [0, 0.1) is 5.82 Å². The number of ether oxygens (including phenoxy) is 1. The average Bonchev–Trinajstić information content (AvgIpc) is 3.18. The topological polar surface area (TPSA) is 70.8 Å². The van der Waals surface area contributed by atoms with Gasteiger partial charge in [-0.25, -0.2) is 4.39 Å². The van der Waals surface area contributed by atoms with E-state index in [1.54, 1.807) is 18.3 Å². The molecule has 7 nitrogen and oxygen atoms in total. The molecule has 5 rings (SSSR count). The van der Waals surface area contributed by atoms with Crippen LogP contribution in [-0.2, 0) is 12.8 Å². The van der Waals surface area contributed by atoms with Crippen LogP contribution >= 0.6 is 0 Å². The Morgan fingerprint density at radius 2 is 1.71 bits per heavy atom. The van der Waals surface area contributed by atoms with Gasteiger partial charge in [0, 0.05) is 39.0 Å². The number of hydrogen-bond donors (Lipinski definition) is 1. The van der Waals surface area contributed by atoms with E-state index < -0.39 is 11.4 Å². The van der Waals surface area contributed by atoms with Gasteiger partial charge in [0.15, 0.2) is 0 Å². The molecule has 0 radical (unpaired) electrons. The summed E-state index contributed by atoms with van der Waals surface area (Å²) in [6.45, 7) is 2.01. The van der Waals surface area contributed by atoms with E-state index in [4.69, 9.17) is 4.74 Å². The molecule has 0 saturated carbocycles. The van der Waals surface area contributed by atoms with E-state index in [0.29, 0.717) is 37.6 Å². The lowest BCUT2D eigenvalue weighted by Gasteiger charge is -2.33. The summed E-state index contributed by atoms with van der Waals surface area (Å²) in [6.07, 6.45) is 2.88. The van der Waals surface area contributed by atoms with Crippen LogP contribution in [0.2, 0.25) is 0 Å². The minimum atomic E-state index is -0.442. The van der Waals surface area contributed by atoms with Gasteiger partial charge in [-0.3, -0.25) is 4.79 Å². The molecule has 1 aliphatic carbocycles. The van der Waals surface area contributed by atoms with Crippen LogP contribution < -0.4 is 15.2 Å². The number of hydroxylamine groups is 2. The number of aromatic nitrogens is 2. The molecule has 0 bridgehead atoms. The van der Waals surface area contributed by atoms with Gasteiger partial charge in [0.2, 0.25) is 5.75 Å². The minimum Gasteiger partial charge on any atom is -0.482 e. The van der Waals surface area contributed by atoms with E-state index in [1.165, 1.54) is 33.0 Å². The minimum absolute atomic E-state index is 0.161. The Bertz CT molecular complexity index is 1130. The van der Waals surface area contributed by atoms with Crippen molar-refractivity contribution < 1.29 is 14.3 Å². The van der Waals surface area contributed by atoms with Gasteiger partial charge < -0.3 is 14.8 Å². The maximum absolute atomic E-state index is 13.8. The Hall–Kier alpha value is -3.23. The normalized spacial score (nSPS) is 17.0. The smallest absolute Gasteiger partial charge is 0.316 e. The van der Waals surface area contributed by atoms with Gasteiger partial charge in [-0.2, -0.15) is 14.8 Å². The quantitative estimate of drug-likeness (QED) is 0.697. The summed E-state index contributed by atoms with van der Waals surface area (Å²) in [5.41, 5.74) is 2.97. The molecular formula is C23H23FN4O3. The first-order valence-electron chi connectivity index (χ1n) is 10.4. The van der Waals surface area contributed by atoms with Crippen molar-refractivity contribution in [2.45, 2.75) is 18.9 Å². The Balaban J connectivity index is 1.52. The van der Waals surface area contributed by atoms with Gasteiger partial charge in [-0.15, -0.1) is 0 Å². The Labute approximate surface area is 178 Å². The van der Waals surface area contributed by atoms with Crippen molar-refractivity contribution in [3.05, 3.63) is 82.0 Å². The van der Waals surface area contributed by atoms with Crippen molar-refractivity contribution >= 4 is 5.69 Å². The zero-order chi connectivity index (χ0) is 21.4. The number of nitrogens with zero attached hydrogens (tertiary/aromatic N) is 4. The van der Waals surface area contributed by atoms with Crippen molar-refractivity contribution in [3.8, 4) is 11.4 Å². The van der Waals surface area contributed by atoms with Gasteiger partial charge in [-0.1, -0.05) is 30.3 Å². The first-order chi connectivity index (χ1) is 15.1. The Morgan fingerprint density at radius 3 is 2.39 bits per heavy atom. The number of rotatable bonds is 4. The largest absolute Gasteiger partial charge is 0.482 e. The first kappa shape index (κ1) is 19.7. The van der Waals surface area contributed by atoms with E-state index in [0.717, 1.165) is 12.8 Å². The molecule has 1 fully saturated rings. The molecule has 8 heteroatoms. The van der Waals surface area contributed by atoms with Crippen molar-refractivity contribution in [1.82, 2.24) is 14.8 Å². The molecule has 1 N–H and O–H groups in total. The number of fused-ring (bicyclic) bond motifs is 1. The molecule has 2 aromatic carbocycles. The lowest BCUT2D eigenvalue weighted by atomic mass is 10.1. The predicted octanol–water partition coefficient (Wildman–Crippen LogP) is 2.43. The van der Waals surface area contributed by atoms with Crippen LogP contribution in [0.1, 0.15) is 11.1 Å². The Kier molecular flexibility index (Phi) is 5.17. The summed E-state index contributed by atoms with van der Waals surface area (Å²) in [5, 5.41) is 15.3. The van der Waals surface area contributed by atoms with Crippen LogP contribution in [-0.4, -0.2) is 52.3 Å². The maximum atomic E-state index is 13.8. The lowest BCUT2D eigenvalue weighted by molar-refractivity contribution is -0.0936. The van der Waals surface area contributed by atoms with Crippen molar-refractivity contribution in [3.63, 3.8) is 0 Å². The van der Waals surface area contributed by atoms with E-state index in [9.17, 15) is 14.4 Å². The van der Waals surface area contributed by atoms with Crippen LogP contribution in [0.25, 0.3) is 5.69 Å². The van der Waals surface area contributed by atoms with E-state index >= 15 is 0 Å². The van der Waals surface area contributed by atoms with Crippen molar-refractivity contribution in [2.75, 3.05) is 31.1 Å². The second kappa shape index (κ2) is 8.13. The predicted molar refractivity (Wildman–Crippen MR) is 114 cm³/mol. The van der Waals surface area contributed by atoms with Gasteiger partial charge >= 0.3 is 5.56 Å².